The first-order valence-corrected chi connectivity index (χ1v) is 12.6. The van der Waals surface area contributed by atoms with Gasteiger partial charge in [-0.1, -0.05) is 0 Å². The van der Waals surface area contributed by atoms with Gasteiger partial charge < -0.3 is 19.1 Å². The summed E-state index contributed by atoms with van der Waals surface area (Å²) < 4.78 is 20.4. The van der Waals surface area contributed by atoms with Crippen molar-refractivity contribution in [2.45, 2.75) is 49.9 Å². The minimum absolute atomic E-state index is 0.117. The Morgan fingerprint density at radius 2 is 1.58 bits per heavy atom. The molecule has 0 radical (unpaired) electrons. The standard InChI is InChI=1S/C23H31B5N4O4/c1-12-10-18-29-14(3)13(2)20(33)32(18)30-19(12)31-8-6-21(24,7-9-31)34-15-4-5-16-17(11-15)36-23(27,28)22(25,26)35-16/h4-5,10-11H,6-9,24-28H2,1-3H3. The highest BCUT2D eigenvalue weighted by Crippen LogP contribution is 2.42. The van der Waals surface area contributed by atoms with Crippen LogP contribution in [0, 0.1) is 20.8 Å². The molecule has 2 aliphatic rings. The smallest absolute Gasteiger partial charge is 0.277 e. The van der Waals surface area contributed by atoms with Crippen LogP contribution in [0.2, 0.25) is 0 Å². The van der Waals surface area contributed by atoms with Crippen LogP contribution in [0.4, 0.5) is 5.82 Å². The van der Waals surface area contributed by atoms with Crippen molar-refractivity contribution in [1.29, 1.82) is 0 Å². The number of hydrogen-bond acceptors (Lipinski definition) is 7. The Labute approximate surface area is 216 Å². The molecular formula is C23H31B5N4O4. The quantitative estimate of drug-likeness (QED) is 0.387. The van der Waals surface area contributed by atoms with E-state index in [1.165, 1.54) is 4.52 Å². The summed E-state index contributed by atoms with van der Waals surface area (Å²) in [6.45, 7) is 7.21. The number of aromatic nitrogens is 3. The van der Waals surface area contributed by atoms with Crippen molar-refractivity contribution in [3.63, 3.8) is 0 Å². The largest absolute Gasteiger partial charge is 0.499 e. The Kier molecular flexibility index (Phi) is 5.69. The molecule has 3 aromatic rings. The van der Waals surface area contributed by atoms with E-state index < -0.39 is 10.8 Å². The van der Waals surface area contributed by atoms with E-state index >= 15 is 0 Å². The fourth-order valence-corrected chi connectivity index (χ4v) is 4.74. The number of anilines is 1. The van der Waals surface area contributed by atoms with E-state index in [1.54, 1.807) is 6.92 Å². The second-order valence-electron chi connectivity index (χ2n) is 11.4. The summed E-state index contributed by atoms with van der Waals surface area (Å²) in [5.41, 5.74) is 2.51. The molecule has 13 heteroatoms. The van der Waals surface area contributed by atoms with E-state index in [-0.39, 0.29) is 11.1 Å². The fourth-order valence-electron chi connectivity index (χ4n) is 4.74. The highest BCUT2D eigenvalue weighted by atomic mass is 16.6. The van der Waals surface area contributed by atoms with Gasteiger partial charge in [-0.15, -0.1) is 5.10 Å². The number of rotatable bonds is 3. The first-order valence-electron chi connectivity index (χ1n) is 12.6. The summed E-state index contributed by atoms with van der Waals surface area (Å²) in [5.74, 6) is 3.03. The van der Waals surface area contributed by atoms with Crippen LogP contribution in [0.1, 0.15) is 29.7 Å². The maximum absolute atomic E-state index is 12.8. The lowest BCUT2D eigenvalue weighted by Gasteiger charge is -2.47. The molecule has 182 valence electrons. The molecule has 1 fully saturated rings. The van der Waals surface area contributed by atoms with Crippen LogP contribution in [0.25, 0.3) is 5.65 Å². The lowest BCUT2D eigenvalue weighted by atomic mass is 9.41. The Morgan fingerprint density at radius 1 is 0.944 bits per heavy atom. The third kappa shape index (κ3) is 4.16. The first kappa shape index (κ1) is 24.7. The van der Waals surface area contributed by atoms with Crippen molar-refractivity contribution >= 4 is 50.7 Å². The number of piperidine rings is 1. The number of aryl methyl sites for hydroxylation is 2. The van der Waals surface area contributed by atoms with Gasteiger partial charge in [0.05, 0.1) is 16.3 Å². The summed E-state index contributed by atoms with van der Waals surface area (Å²) in [4.78, 5) is 19.6. The van der Waals surface area contributed by atoms with Gasteiger partial charge in [-0.05, 0) is 57.4 Å². The van der Waals surface area contributed by atoms with Crippen molar-refractivity contribution in [3.8, 4) is 17.2 Å². The van der Waals surface area contributed by atoms with Crippen molar-refractivity contribution < 1.29 is 14.2 Å². The van der Waals surface area contributed by atoms with E-state index in [0.29, 0.717) is 17.0 Å². The Morgan fingerprint density at radius 3 is 2.25 bits per heavy atom. The highest BCUT2D eigenvalue weighted by Gasteiger charge is 2.44. The lowest BCUT2D eigenvalue weighted by Crippen LogP contribution is -2.65. The molecule has 1 aromatic carbocycles. The maximum Gasteiger partial charge on any atom is 0.277 e. The average molecular weight is 482 g/mol. The van der Waals surface area contributed by atoms with Crippen molar-refractivity contribution in [2.75, 3.05) is 18.0 Å². The Hall–Kier alpha value is -2.97. The zero-order valence-corrected chi connectivity index (χ0v) is 22.6. The summed E-state index contributed by atoms with van der Waals surface area (Å²) in [7, 11) is 10.3. The Balaban J connectivity index is 1.33. The van der Waals surface area contributed by atoms with Crippen molar-refractivity contribution in [3.05, 3.63) is 51.4 Å². The van der Waals surface area contributed by atoms with E-state index in [0.717, 1.165) is 54.5 Å². The number of benzene rings is 1. The Bertz CT molecular complexity index is 1420. The SMILES string of the molecule is BC1(Oc2ccc3c(c2)OC(B)(B)C(B)(B)O3)CCN(c2nn3c(=O)c(C)c(C)nc3cc2C)CC1. The van der Waals surface area contributed by atoms with Crippen LogP contribution in [0.5, 0.6) is 17.2 Å². The average Bonchev–Trinajstić information content (AvgIpc) is 2.79. The van der Waals surface area contributed by atoms with Crippen LogP contribution in [-0.2, 0) is 0 Å². The van der Waals surface area contributed by atoms with E-state index in [4.69, 9.17) is 19.3 Å². The topological polar surface area (TPSA) is 78.2 Å². The van der Waals surface area contributed by atoms with Crippen molar-refractivity contribution in [2.24, 2.45) is 0 Å². The normalized spacial score (nSPS) is 19.7. The monoisotopic (exact) mass is 482 g/mol. The van der Waals surface area contributed by atoms with E-state index in [9.17, 15) is 4.79 Å². The van der Waals surface area contributed by atoms with Crippen LogP contribution in [-0.4, -0.2) is 83.2 Å². The molecule has 0 spiro atoms. The summed E-state index contributed by atoms with van der Waals surface area (Å²) in [6.07, 6.45) is 1.64. The predicted octanol–water partition coefficient (Wildman–Crippen LogP) is -2.37. The summed E-state index contributed by atoms with van der Waals surface area (Å²) >= 11 is 0. The van der Waals surface area contributed by atoms with E-state index in [1.807, 2.05) is 69.5 Å². The van der Waals surface area contributed by atoms with Crippen LogP contribution >= 0.6 is 0 Å². The molecule has 2 aromatic heterocycles. The van der Waals surface area contributed by atoms with Crippen molar-refractivity contribution in [1.82, 2.24) is 14.6 Å². The molecule has 4 heterocycles. The highest BCUT2D eigenvalue weighted by molar-refractivity contribution is 6.53. The van der Waals surface area contributed by atoms with E-state index in [2.05, 4.69) is 17.7 Å². The van der Waals surface area contributed by atoms with Crippen LogP contribution in [0.3, 0.4) is 0 Å². The first-order chi connectivity index (χ1) is 16.8. The van der Waals surface area contributed by atoms with Gasteiger partial charge in [-0.3, -0.25) is 4.79 Å². The third-order valence-corrected chi connectivity index (χ3v) is 8.03. The molecular weight excluding hydrogens is 450 g/mol. The second kappa shape index (κ2) is 8.28. The third-order valence-electron chi connectivity index (χ3n) is 8.03. The van der Waals surface area contributed by atoms with Gasteiger partial charge in [0.25, 0.3) is 5.56 Å². The molecule has 1 saturated heterocycles. The molecule has 5 rings (SSSR count). The zero-order valence-electron chi connectivity index (χ0n) is 22.6. The van der Waals surface area contributed by atoms with Gasteiger partial charge in [0.15, 0.2) is 30.8 Å². The van der Waals surface area contributed by atoms with Gasteiger partial charge >= 0.3 is 0 Å². The molecule has 8 nitrogen and oxygen atoms in total. The molecule has 0 saturated carbocycles. The molecule has 0 amide bonds. The minimum Gasteiger partial charge on any atom is -0.499 e. The fraction of sp³-hybridized carbons (Fsp3) is 0.435. The molecule has 2 aliphatic heterocycles. The number of nitrogens with zero attached hydrogens (tertiary/aromatic N) is 4. The lowest BCUT2D eigenvalue weighted by molar-refractivity contribution is 0.0603. The minimum atomic E-state index is -0.465. The molecule has 0 aliphatic carbocycles. The van der Waals surface area contributed by atoms with Gasteiger partial charge in [-0.2, -0.15) is 4.52 Å². The van der Waals surface area contributed by atoms with Gasteiger partial charge in [0.2, 0.25) is 0 Å². The summed E-state index contributed by atoms with van der Waals surface area (Å²) in [6, 6.07) is 7.76. The number of hydrogen-bond donors (Lipinski definition) is 0. The van der Waals surface area contributed by atoms with Gasteiger partial charge in [0.1, 0.15) is 37.1 Å². The number of fused-ring (bicyclic) bond motifs is 2. The zero-order chi connectivity index (χ0) is 26.0. The molecule has 0 bridgehead atoms. The van der Waals surface area contributed by atoms with Crippen LogP contribution in [0.15, 0.2) is 29.1 Å². The van der Waals surface area contributed by atoms with Gasteiger partial charge in [-0.25, -0.2) is 4.98 Å². The second-order valence-corrected chi connectivity index (χ2v) is 11.4. The number of ether oxygens (including phenoxy) is 3. The van der Waals surface area contributed by atoms with Crippen LogP contribution < -0.4 is 24.7 Å². The maximum atomic E-state index is 12.8. The molecule has 0 unspecified atom stereocenters. The van der Waals surface area contributed by atoms with Gasteiger partial charge in [0, 0.05) is 30.4 Å². The molecule has 36 heavy (non-hydrogen) atoms. The summed E-state index contributed by atoms with van der Waals surface area (Å²) in [5, 5.41) is 3.80. The molecule has 0 atom stereocenters. The molecule has 0 N–H and O–H groups in total. The predicted molar refractivity (Wildman–Crippen MR) is 154 cm³/mol.